The van der Waals surface area contributed by atoms with Crippen LogP contribution in [0, 0.1) is 0 Å². The second-order valence-corrected chi connectivity index (χ2v) is 11.0. The molecule has 0 bridgehead atoms. The first-order chi connectivity index (χ1) is 15.6. The maximum Gasteiger partial charge on any atom is 0.243 e. The van der Waals surface area contributed by atoms with Crippen molar-refractivity contribution in [2.24, 2.45) is 0 Å². The average molecular weight is 451 g/mol. The molecular formula is C24H26N4O3S. The molecule has 6 rings (SSSR count). The van der Waals surface area contributed by atoms with Crippen LogP contribution in [0.25, 0.3) is 10.8 Å². The SMILES string of the molecule is O=S(=O)(c1ccc2ccccc2c1)N1CCN2C[C@@H](Oc3cnc(C4CC4)cn3)C[C@H]2C1. The Morgan fingerprint density at radius 1 is 0.938 bits per heavy atom. The molecule has 166 valence electrons. The second-order valence-electron chi connectivity index (χ2n) is 9.05. The second kappa shape index (κ2) is 7.79. The zero-order chi connectivity index (χ0) is 21.7. The number of benzene rings is 2. The number of hydrogen-bond acceptors (Lipinski definition) is 6. The van der Waals surface area contributed by atoms with Gasteiger partial charge in [0.1, 0.15) is 6.10 Å². The molecule has 2 aromatic carbocycles. The van der Waals surface area contributed by atoms with Crippen LogP contribution in [0.2, 0.25) is 0 Å². The third-order valence-corrected chi connectivity index (χ3v) is 8.69. The van der Waals surface area contributed by atoms with Crippen LogP contribution in [-0.4, -0.2) is 65.9 Å². The molecule has 32 heavy (non-hydrogen) atoms. The molecule has 3 aromatic rings. The van der Waals surface area contributed by atoms with Gasteiger partial charge in [0.25, 0.3) is 0 Å². The molecule has 0 radical (unpaired) electrons. The van der Waals surface area contributed by atoms with Crippen molar-refractivity contribution in [2.75, 3.05) is 26.2 Å². The summed E-state index contributed by atoms with van der Waals surface area (Å²) in [5.74, 6) is 1.13. The third kappa shape index (κ3) is 3.76. The maximum atomic E-state index is 13.3. The van der Waals surface area contributed by atoms with Crippen LogP contribution in [0.4, 0.5) is 0 Å². The summed E-state index contributed by atoms with van der Waals surface area (Å²) in [6.07, 6.45) is 6.74. The van der Waals surface area contributed by atoms with Crippen molar-refractivity contribution in [1.29, 1.82) is 0 Å². The van der Waals surface area contributed by atoms with Gasteiger partial charge < -0.3 is 4.74 Å². The molecule has 3 heterocycles. The number of nitrogens with zero attached hydrogens (tertiary/aromatic N) is 4. The average Bonchev–Trinajstić information content (AvgIpc) is 3.58. The van der Waals surface area contributed by atoms with Gasteiger partial charge in [-0.2, -0.15) is 4.31 Å². The Kier molecular flexibility index (Phi) is 4.89. The number of piperazine rings is 1. The van der Waals surface area contributed by atoms with Gasteiger partial charge in [0, 0.05) is 44.6 Å². The first-order valence-electron chi connectivity index (χ1n) is 11.3. The number of fused-ring (bicyclic) bond motifs is 2. The Labute approximate surface area is 188 Å². The summed E-state index contributed by atoms with van der Waals surface area (Å²) in [7, 11) is -3.53. The fraction of sp³-hybridized carbons (Fsp3) is 0.417. The highest BCUT2D eigenvalue weighted by Gasteiger charge is 2.41. The summed E-state index contributed by atoms with van der Waals surface area (Å²) >= 11 is 0. The lowest BCUT2D eigenvalue weighted by Crippen LogP contribution is -2.51. The largest absolute Gasteiger partial charge is 0.472 e. The normalized spacial score (nSPS) is 24.5. The predicted octanol–water partition coefficient (Wildman–Crippen LogP) is 3.03. The Hall–Kier alpha value is -2.55. The van der Waals surface area contributed by atoms with Gasteiger partial charge >= 0.3 is 0 Å². The van der Waals surface area contributed by atoms with Crippen molar-refractivity contribution in [1.82, 2.24) is 19.2 Å². The van der Waals surface area contributed by atoms with Crippen LogP contribution in [0.5, 0.6) is 5.88 Å². The van der Waals surface area contributed by atoms with E-state index in [-0.39, 0.29) is 12.1 Å². The number of rotatable bonds is 5. The van der Waals surface area contributed by atoms with E-state index in [0.717, 1.165) is 29.4 Å². The topological polar surface area (TPSA) is 75.6 Å². The number of hydrogen-bond donors (Lipinski definition) is 0. The maximum absolute atomic E-state index is 13.3. The van der Waals surface area contributed by atoms with Gasteiger partial charge in [-0.05, 0) is 35.7 Å². The van der Waals surface area contributed by atoms with E-state index in [4.69, 9.17) is 4.74 Å². The van der Waals surface area contributed by atoms with E-state index in [9.17, 15) is 8.42 Å². The van der Waals surface area contributed by atoms with Crippen LogP contribution in [0.15, 0.2) is 59.8 Å². The molecule has 1 saturated carbocycles. The number of aromatic nitrogens is 2. The van der Waals surface area contributed by atoms with Crippen LogP contribution < -0.4 is 4.74 Å². The lowest BCUT2D eigenvalue weighted by molar-refractivity contribution is 0.151. The molecule has 3 aliphatic rings. The van der Waals surface area contributed by atoms with Crippen molar-refractivity contribution in [2.45, 2.75) is 42.2 Å². The molecule has 0 spiro atoms. The monoisotopic (exact) mass is 450 g/mol. The third-order valence-electron chi connectivity index (χ3n) is 6.83. The molecule has 3 fully saturated rings. The number of sulfonamides is 1. The van der Waals surface area contributed by atoms with E-state index < -0.39 is 10.0 Å². The molecule has 1 aliphatic carbocycles. The molecule has 8 heteroatoms. The minimum Gasteiger partial charge on any atom is -0.472 e. The van der Waals surface area contributed by atoms with Gasteiger partial charge in [-0.15, -0.1) is 0 Å². The van der Waals surface area contributed by atoms with Crippen molar-refractivity contribution in [3.8, 4) is 5.88 Å². The van der Waals surface area contributed by atoms with Crippen LogP contribution >= 0.6 is 0 Å². The van der Waals surface area contributed by atoms with E-state index in [2.05, 4.69) is 14.9 Å². The van der Waals surface area contributed by atoms with E-state index in [1.54, 1.807) is 22.6 Å². The Morgan fingerprint density at radius 2 is 1.78 bits per heavy atom. The Morgan fingerprint density at radius 3 is 2.56 bits per heavy atom. The van der Waals surface area contributed by atoms with Gasteiger partial charge in [0.15, 0.2) is 0 Å². The Balaban J connectivity index is 1.13. The highest BCUT2D eigenvalue weighted by Crippen LogP contribution is 2.38. The van der Waals surface area contributed by atoms with E-state index in [0.29, 0.717) is 36.3 Å². The molecule has 0 unspecified atom stereocenters. The molecule has 2 saturated heterocycles. The highest BCUT2D eigenvalue weighted by molar-refractivity contribution is 7.89. The zero-order valence-electron chi connectivity index (χ0n) is 17.8. The smallest absolute Gasteiger partial charge is 0.243 e. The lowest BCUT2D eigenvalue weighted by atomic mass is 10.1. The summed E-state index contributed by atoms with van der Waals surface area (Å²) in [4.78, 5) is 11.6. The molecular weight excluding hydrogens is 424 g/mol. The first-order valence-corrected chi connectivity index (χ1v) is 12.7. The zero-order valence-corrected chi connectivity index (χ0v) is 18.6. The van der Waals surface area contributed by atoms with Crippen molar-refractivity contribution >= 4 is 20.8 Å². The van der Waals surface area contributed by atoms with Crippen LogP contribution in [-0.2, 0) is 10.0 Å². The van der Waals surface area contributed by atoms with Gasteiger partial charge in [-0.1, -0.05) is 30.3 Å². The first kappa shape index (κ1) is 20.1. The predicted molar refractivity (Wildman–Crippen MR) is 121 cm³/mol. The van der Waals surface area contributed by atoms with Crippen molar-refractivity contribution in [3.63, 3.8) is 0 Å². The number of ether oxygens (including phenoxy) is 1. The highest BCUT2D eigenvalue weighted by atomic mass is 32.2. The standard InChI is InChI=1S/C24H26N4O3S/c29-32(30,22-8-7-17-3-1-2-4-19(17)11-22)28-10-9-27-16-21(12-20(27)15-28)31-24-14-25-23(13-26-24)18-5-6-18/h1-4,7-8,11,13-14,18,20-21H,5-6,9-10,12,15-16H2/t20-,21-/m0/s1. The van der Waals surface area contributed by atoms with Crippen LogP contribution in [0.3, 0.4) is 0 Å². The van der Waals surface area contributed by atoms with Gasteiger partial charge in [-0.25, -0.2) is 13.4 Å². The van der Waals surface area contributed by atoms with E-state index in [1.165, 1.54) is 12.8 Å². The molecule has 7 nitrogen and oxygen atoms in total. The minimum absolute atomic E-state index is 0.00407. The summed E-state index contributed by atoms with van der Waals surface area (Å²) in [5.41, 5.74) is 1.05. The van der Waals surface area contributed by atoms with E-state index in [1.807, 2.05) is 36.5 Å². The van der Waals surface area contributed by atoms with Crippen molar-refractivity contribution < 1.29 is 13.2 Å². The minimum atomic E-state index is -3.53. The summed E-state index contributed by atoms with van der Waals surface area (Å²) in [6, 6.07) is 13.4. The van der Waals surface area contributed by atoms with Gasteiger partial charge in [0.2, 0.25) is 15.9 Å². The molecule has 0 amide bonds. The quantitative estimate of drug-likeness (QED) is 0.595. The summed E-state index contributed by atoms with van der Waals surface area (Å²) < 4.78 is 34.4. The summed E-state index contributed by atoms with van der Waals surface area (Å²) in [6.45, 7) is 2.49. The summed E-state index contributed by atoms with van der Waals surface area (Å²) in [5, 5.41) is 1.98. The molecule has 2 aliphatic heterocycles. The van der Waals surface area contributed by atoms with Crippen LogP contribution in [0.1, 0.15) is 30.9 Å². The van der Waals surface area contributed by atoms with E-state index >= 15 is 0 Å². The fourth-order valence-corrected chi connectivity index (χ4v) is 6.40. The van der Waals surface area contributed by atoms with Gasteiger partial charge in [0.05, 0.1) is 23.0 Å². The molecule has 1 aromatic heterocycles. The molecule has 0 N–H and O–H groups in total. The van der Waals surface area contributed by atoms with Gasteiger partial charge in [-0.3, -0.25) is 9.88 Å². The Bertz CT molecular complexity index is 1240. The molecule has 2 atom stereocenters. The fourth-order valence-electron chi connectivity index (χ4n) is 4.90. The lowest BCUT2D eigenvalue weighted by Gasteiger charge is -2.36. The van der Waals surface area contributed by atoms with Crippen molar-refractivity contribution in [3.05, 3.63) is 60.6 Å².